The zero-order valence-corrected chi connectivity index (χ0v) is 8.33. The molecule has 2 rings (SSSR count). The number of aliphatic hydroxyl groups excluding tert-OH is 1. The topological polar surface area (TPSA) is 20.2 Å². The third-order valence-corrected chi connectivity index (χ3v) is 2.86. The third kappa shape index (κ3) is 1.80. The summed E-state index contributed by atoms with van der Waals surface area (Å²) in [5.74, 6) is 0.0122. The molecule has 1 N–H and O–H groups in total. The van der Waals surface area contributed by atoms with Crippen molar-refractivity contribution in [2.75, 3.05) is 0 Å². The van der Waals surface area contributed by atoms with E-state index < -0.39 is 6.10 Å². The maximum atomic E-state index is 13.4. The summed E-state index contributed by atoms with van der Waals surface area (Å²) in [5, 5.41) is 9.82. The van der Waals surface area contributed by atoms with Crippen molar-refractivity contribution in [2.45, 2.75) is 32.3 Å². The molecule has 0 aliphatic heterocycles. The van der Waals surface area contributed by atoms with Crippen molar-refractivity contribution in [3.8, 4) is 0 Å². The SMILES string of the molecule is CCc1ccc(F)c(C(O)C2CC2)c1. The van der Waals surface area contributed by atoms with Gasteiger partial charge >= 0.3 is 0 Å². The lowest BCUT2D eigenvalue weighted by Crippen LogP contribution is -2.03. The van der Waals surface area contributed by atoms with Crippen molar-refractivity contribution in [3.63, 3.8) is 0 Å². The molecule has 0 aromatic heterocycles. The molecule has 1 fully saturated rings. The maximum Gasteiger partial charge on any atom is 0.129 e. The Morgan fingerprint density at radius 2 is 2.21 bits per heavy atom. The van der Waals surface area contributed by atoms with Gasteiger partial charge in [-0.1, -0.05) is 19.1 Å². The number of benzene rings is 1. The molecule has 0 radical (unpaired) electrons. The van der Waals surface area contributed by atoms with Gasteiger partial charge in [0, 0.05) is 5.56 Å². The first-order chi connectivity index (χ1) is 6.72. The van der Waals surface area contributed by atoms with Gasteiger partial charge in [-0.2, -0.15) is 0 Å². The van der Waals surface area contributed by atoms with Crippen molar-refractivity contribution < 1.29 is 9.50 Å². The van der Waals surface area contributed by atoms with Crippen LogP contribution in [0.4, 0.5) is 4.39 Å². The van der Waals surface area contributed by atoms with Crippen LogP contribution in [-0.2, 0) is 6.42 Å². The first-order valence-electron chi connectivity index (χ1n) is 5.18. The van der Waals surface area contributed by atoms with Crippen molar-refractivity contribution in [1.29, 1.82) is 0 Å². The van der Waals surface area contributed by atoms with Crippen LogP contribution in [0.2, 0.25) is 0 Å². The average molecular weight is 194 g/mol. The standard InChI is InChI=1S/C12H15FO/c1-2-8-3-6-11(13)10(7-8)12(14)9-4-5-9/h3,6-7,9,12,14H,2,4-5H2,1H3. The molecule has 0 bridgehead atoms. The second-order valence-corrected chi connectivity index (χ2v) is 3.99. The number of halogens is 1. The number of aryl methyl sites for hydroxylation is 1. The summed E-state index contributed by atoms with van der Waals surface area (Å²) in [6.45, 7) is 2.03. The highest BCUT2D eigenvalue weighted by Crippen LogP contribution is 2.41. The number of rotatable bonds is 3. The van der Waals surface area contributed by atoms with Gasteiger partial charge in [0.2, 0.25) is 0 Å². The van der Waals surface area contributed by atoms with Gasteiger partial charge in [0.25, 0.3) is 0 Å². The molecule has 1 atom stereocenters. The molecule has 0 saturated heterocycles. The van der Waals surface area contributed by atoms with Crippen LogP contribution >= 0.6 is 0 Å². The van der Waals surface area contributed by atoms with E-state index in [9.17, 15) is 9.50 Å². The van der Waals surface area contributed by atoms with Gasteiger partial charge in [0.05, 0.1) is 6.10 Å². The highest BCUT2D eigenvalue weighted by Gasteiger charge is 2.32. The Kier molecular flexibility index (Phi) is 2.55. The van der Waals surface area contributed by atoms with E-state index in [-0.39, 0.29) is 11.7 Å². The van der Waals surface area contributed by atoms with Crippen molar-refractivity contribution in [1.82, 2.24) is 0 Å². The summed E-state index contributed by atoms with van der Waals surface area (Å²) < 4.78 is 13.4. The van der Waals surface area contributed by atoms with Gasteiger partial charge in [0.15, 0.2) is 0 Å². The Labute approximate surface area is 83.6 Å². The minimum Gasteiger partial charge on any atom is -0.388 e. The molecular formula is C12H15FO. The normalized spacial score (nSPS) is 18.2. The predicted molar refractivity (Wildman–Crippen MR) is 53.5 cm³/mol. The summed E-state index contributed by atoms with van der Waals surface area (Å²) in [7, 11) is 0. The summed E-state index contributed by atoms with van der Waals surface area (Å²) in [5.41, 5.74) is 1.56. The lowest BCUT2D eigenvalue weighted by Gasteiger charge is -2.11. The lowest BCUT2D eigenvalue weighted by molar-refractivity contribution is 0.149. The minimum atomic E-state index is -0.596. The molecule has 1 nitrogen and oxygen atoms in total. The van der Waals surface area contributed by atoms with E-state index in [0.29, 0.717) is 5.56 Å². The molecule has 1 aromatic carbocycles. The molecule has 14 heavy (non-hydrogen) atoms. The zero-order chi connectivity index (χ0) is 10.1. The summed E-state index contributed by atoms with van der Waals surface area (Å²) in [6.07, 6.45) is 2.33. The predicted octanol–water partition coefficient (Wildman–Crippen LogP) is 2.83. The molecule has 1 saturated carbocycles. The van der Waals surface area contributed by atoms with E-state index in [0.717, 1.165) is 24.8 Å². The highest BCUT2D eigenvalue weighted by molar-refractivity contribution is 5.27. The molecule has 76 valence electrons. The summed E-state index contributed by atoms with van der Waals surface area (Å²) >= 11 is 0. The van der Waals surface area contributed by atoms with E-state index >= 15 is 0 Å². The quantitative estimate of drug-likeness (QED) is 0.784. The molecule has 2 heteroatoms. The molecule has 1 aromatic rings. The number of hydrogen-bond donors (Lipinski definition) is 1. The van der Waals surface area contributed by atoms with Gasteiger partial charge in [-0.3, -0.25) is 0 Å². The Hall–Kier alpha value is -0.890. The third-order valence-electron chi connectivity index (χ3n) is 2.86. The molecule has 1 aliphatic rings. The van der Waals surface area contributed by atoms with Crippen LogP contribution in [0.25, 0.3) is 0 Å². The lowest BCUT2D eigenvalue weighted by atomic mass is 10.0. The average Bonchev–Trinajstić information content (AvgIpc) is 3.01. The fraction of sp³-hybridized carbons (Fsp3) is 0.500. The van der Waals surface area contributed by atoms with Gasteiger partial charge in [-0.05, 0) is 36.8 Å². The van der Waals surface area contributed by atoms with Crippen LogP contribution in [0.15, 0.2) is 18.2 Å². The zero-order valence-electron chi connectivity index (χ0n) is 8.33. The van der Waals surface area contributed by atoms with E-state index in [1.165, 1.54) is 6.07 Å². The maximum absolute atomic E-state index is 13.4. The molecule has 1 unspecified atom stereocenters. The fourth-order valence-corrected chi connectivity index (χ4v) is 1.71. The van der Waals surface area contributed by atoms with Crippen LogP contribution in [0, 0.1) is 11.7 Å². The second kappa shape index (κ2) is 3.70. The molecule has 0 heterocycles. The van der Waals surface area contributed by atoms with Crippen LogP contribution in [0.5, 0.6) is 0 Å². The van der Waals surface area contributed by atoms with Crippen LogP contribution in [0.3, 0.4) is 0 Å². The first kappa shape index (κ1) is 9.66. The van der Waals surface area contributed by atoms with E-state index in [1.807, 2.05) is 6.92 Å². The monoisotopic (exact) mass is 194 g/mol. The Morgan fingerprint density at radius 3 is 2.79 bits per heavy atom. The van der Waals surface area contributed by atoms with Crippen LogP contribution in [-0.4, -0.2) is 5.11 Å². The summed E-state index contributed by atoms with van der Waals surface area (Å²) in [6, 6.07) is 5.02. The van der Waals surface area contributed by atoms with E-state index in [2.05, 4.69) is 0 Å². The van der Waals surface area contributed by atoms with Crippen LogP contribution in [0.1, 0.15) is 37.0 Å². The van der Waals surface area contributed by atoms with Gasteiger partial charge < -0.3 is 5.11 Å². The second-order valence-electron chi connectivity index (χ2n) is 3.99. The van der Waals surface area contributed by atoms with Gasteiger partial charge in [-0.15, -0.1) is 0 Å². The molecule has 1 aliphatic carbocycles. The summed E-state index contributed by atoms with van der Waals surface area (Å²) in [4.78, 5) is 0. The van der Waals surface area contributed by atoms with Crippen LogP contribution < -0.4 is 0 Å². The Balaban J connectivity index is 2.29. The molecular weight excluding hydrogens is 179 g/mol. The van der Waals surface area contributed by atoms with Crippen molar-refractivity contribution in [2.24, 2.45) is 5.92 Å². The Bertz CT molecular complexity index is 331. The largest absolute Gasteiger partial charge is 0.388 e. The van der Waals surface area contributed by atoms with Crippen molar-refractivity contribution in [3.05, 3.63) is 35.1 Å². The smallest absolute Gasteiger partial charge is 0.129 e. The molecule has 0 amide bonds. The van der Waals surface area contributed by atoms with E-state index in [4.69, 9.17) is 0 Å². The van der Waals surface area contributed by atoms with Crippen molar-refractivity contribution >= 4 is 0 Å². The van der Waals surface area contributed by atoms with Gasteiger partial charge in [0.1, 0.15) is 5.82 Å². The fourth-order valence-electron chi connectivity index (χ4n) is 1.71. The first-order valence-corrected chi connectivity index (χ1v) is 5.18. The van der Waals surface area contributed by atoms with E-state index in [1.54, 1.807) is 12.1 Å². The van der Waals surface area contributed by atoms with Gasteiger partial charge in [-0.25, -0.2) is 4.39 Å². The number of aliphatic hydroxyl groups is 1. The molecule has 0 spiro atoms. The highest BCUT2D eigenvalue weighted by atomic mass is 19.1. The number of hydrogen-bond acceptors (Lipinski definition) is 1. The minimum absolute atomic E-state index is 0.276. The Morgan fingerprint density at radius 1 is 1.50 bits per heavy atom.